The van der Waals surface area contributed by atoms with E-state index in [0.29, 0.717) is 30.1 Å². The first-order valence-electron chi connectivity index (χ1n) is 9.55. The van der Waals surface area contributed by atoms with Crippen molar-refractivity contribution in [2.45, 2.75) is 40.2 Å². The van der Waals surface area contributed by atoms with Gasteiger partial charge in [0.05, 0.1) is 23.1 Å². The summed E-state index contributed by atoms with van der Waals surface area (Å²) in [5, 5.41) is 10.3. The highest BCUT2D eigenvalue weighted by Gasteiger charge is 2.31. The van der Waals surface area contributed by atoms with E-state index in [1.165, 1.54) is 6.92 Å². The van der Waals surface area contributed by atoms with Gasteiger partial charge >= 0.3 is 5.97 Å². The fourth-order valence-electron chi connectivity index (χ4n) is 4.31. The molecule has 1 amide bonds. The highest BCUT2D eigenvalue weighted by Crippen LogP contribution is 2.42. The van der Waals surface area contributed by atoms with Gasteiger partial charge in [-0.2, -0.15) is 0 Å². The van der Waals surface area contributed by atoms with Crippen molar-refractivity contribution in [2.24, 2.45) is 0 Å². The van der Waals surface area contributed by atoms with Crippen molar-refractivity contribution in [3.05, 3.63) is 51.9 Å². The predicted octanol–water partition coefficient (Wildman–Crippen LogP) is 4.11. The average Bonchev–Trinajstić information content (AvgIpc) is 2.83. The zero-order chi connectivity index (χ0) is 20.9. The Morgan fingerprint density at radius 1 is 1.24 bits per heavy atom. The smallest absolute Gasteiger partial charge is 0.307 e. The second-order valence-corrected chi connectivity index (χ2v) is 7.90. The van der Waals surface area contributed by atoms with Gasteiger partial charge in [0.1, 0.15) is 5.82 Å². The second-order valence-electron chi connectivity index (χ2n) is 7.42. The molecule has 0 spiro atoms. The number of benzene rings is 1. The molecule has 1 aliphatic carbocycles. The summed E-state index contributed by atoms with van der Waals surface area (Å²) >= 11 is 6.19. The van der Waals surface area contributed by atoms with Crippen LogP contribution < -0.4 is 4.90 Å². The number of aryl methyl sites for hydroxylation is 1. The molecule has 1 aliphatic heterocycles. The van der Waals surface area contributed by atoms with E-state index in [4.69, 9.17) is 16.6 Å². The number of anilines is 1. The zero-order valence-electron chi connectivity index (χ0n) is 16.6. The number of nitrogens with zero attached hydrogens (tertiary/aromatic N) is 3. The summed E-state index contributed by atoms with van der Waals surface area (Å²) in [6.07, 6.45) is 8.16. The van der Waals surface area contributed by atoms with E-state index >= 15 is 0 Å². The number of allylic oxidation sites excluding steroid dienone is 6. The van der Waals surface area contributed by atoms with Gasteiger partial charge in [0.2, 0.25) is 5.91 Å². The van der Waals surface area contributed by atoms with Crippen LogP contribution in [0.4, 0.5) is 5.69 Å². The first-order valence-corrected chi connectivity index (χ1v) is 9.92. The number of carboxylic acid groups (broad SMARTS) is 1. The summed E-state index contributed by atoms with van der Waals surface area (Å²) in [5.74, 6) is -0.129. The van der Waals surface area contributed by atoms with Gasteiger partial charge in [-0.05, 0) is 36.6 Å². The van der Waals surface area contributed by atoms with E-state index in [0.717, 1.165) is 39.2 Å². The Balaban J connectivity index is 2.14. The largest absolute Gasteiger partial charge is 0.481 e. The SMILES string of the molecule is CC(=O)N1CCn2c(C)nc3c(C4=CC=C(Cl)CC=C4)c(CC(=O)O)c(C)c1c32. The molecule has 6 nitrogen and oxygen atoms in total. The minimum absolute atomic E-state index is 0.0585. The zero-order valence-corrected chi connectivity index (χ0v) is 17.4. The lowest BCUT2D eigenvalue weighted by atomic mass is 9.89. The molecular weight excluding hydrogens is 390 g/mol. The Kier molecular flexibility index (Phi) is 4.82. The molecule has 1 N–H and O–H groups in total. The predicted molar refractivity (Wildman–Crippen MR) is 114 cm³/mol. The van der Waals surface area contributed by atoms with Crippen LogP contribution in [0.2, 0.25) is 0 Å². The van der Waals surface area contributed by atoms with Crippen LogP contribution in [0.5, 0.6) is 0 Å². The third-order valence-corrected chi connectivity index (χ3v) is 5.88. The van der Waals surface area contributed by atoms with Gasteiger partial charge in [0, 0.05) is 37.0 Å². The number of aromatic nitrogens is 2. The number of aliphatic carboxylic acids is 1. The number of carboxylic acids is 1. The molecule has 29 heavy (non-hydrogen) atoms. The number of halogens is 1. The third kappa shape index (κ3) is 3.17. The summed E-state index contributed by atoms with van der Waals surface area (Å²) in [6, 6.07) is 0. The first-order chi connectivity index (χ1) is 13.8. The van der Waals surface area contributed by atoms with Crippen molar-refractivity contribution in [2.75, 3.05) is 11.4 Å². The average molecular weight is 412 g/mol. The Bertz CT molecular complexity index is 1150. The normalized spacial score (nSPS) is 15.9. The van der Waals surface area contributed by atoms with E-state index in [9.17, 15) is 14.7 Å². The molecule has 0 fully saturated rings. The molecule has 2 heterocycles. The minimum atomic E-state index is -0.922. The number of hydrogen-bond acceptors (Lipinski definition) is 3. The van der Waals surface area contributed by atoms with E-state index in [-0.39, 0.29) is 12.3 Å². The second kappa shape index (κ2) is 7.19. The fourth-order valence-corrected chi connectivity index (χ4v) is 4.46. The number of amides is 1. The van der Waals surface area contributed by atoms with Crippen LogP contribution in [-0.2, 0) is 22.6 Å². The minimum Gasteiger partial charge on any atom is -0.481 e. The molecule has 0 bridgehead atoms. The first kappa shape index (κ1) is 19.5. The molecule has 150 valence electrons. The Morgan fingerprint density at radius 2 is 2.00 bits per heavy atom. The van der Waals surface area contributed by atoms with Gasteiger partial charge < -0.3 is 14.6 Å². The summed E-state index contributed by atoms with van der Waals surface area (Å²) in [5.41, 5.74) is 5.54. The van der Waals surface area contributed by atoms with Gasteiger partial charge in [-0.25, -0.2) is 4.98 Å². The van der Waals surface area contributed by atoms with Crippen LogP contribution in [0.15, 0.2) is 29.3 Å². The number of rotatable bonds is 3. The topological polar surface area (TPSA) is 75.4 Å². The lowest BCUT2D eigenvalue weighted by molar-refractivity contribution is -0.136. The van der Waals surface area contributed by atoms with E-state index in [2.05, 4.69) is 4.57 Å². The molecule has 2 aliphatic rings. The van der Waals surface area contributed by atoms with Gasteiger partial charge in [-0.15, -0.1) is 0 Å². The Hall–Kier alpha value is -2.86. The van der Waals surface area contributed by atoms with Crippen molar-refractivity contribution in [1.29, 1.82) is 0 Å². The molecule has 0 unspecified atom stereocenters. The molecule has 7 heteroatoms. The van der Waals surface area contributed by atoms with Crippen LogP contribution in [0.1, 0.15) is 35.9 Å². The number of carbonyl (C=O) groups excluding carboxylic acids is 1. The lowest BCUT2D eigenvalue weighted by Crippen LogP contribution is -2.36. The maximum Gasteiger partial charge on any atom is 0.307 e. The molecule has 0 saturated carbocycles. The van der Waals surface area contributed by atoms with Crippen LogP contribution in [0, 0.1) is 13.8 Å². The fraction of sp³-hybridized carbons (Fsp3) is 0.318. The van der Waals surface area contributed by atoms with E-state index < -0.39 is 5.97 Å². The summed E-state index contributed by atoms with van der Waals surface area (Å²) in [7, 11) is 0. The van der Waals surface area contributed by atoms with E-state index in [1.54, 1.807) is 4.90 Å². The van der Waals surface area contributed by atoms with Gasteiger partial charge in [0.25, 0.3) is 0 Å². The van der Waals surface area contributed by atoms with Gasteiger partial charge in [-0.1, -0.05) is 29.8 Å². The lowest BCUT2D eigenvalue weighted by Gasteiger charge is -2.31. The van der Waals surface area contributed by atoms with Crippen LogP contribution in [-0.4, -0.2) is 33.1 Å². The quantitative estimate of drug-likeness (QED) is 0.824. The highest BCUT2D eigenvalue weighted by atomic mass is 35.5. The van der Waals surface area contributed by atoms with Gasteiger partial charge in [-0.3, -0.25) is 9.59 Å². The van der Waals surface area contributed by atoms with Gasteiger partial charge in [0.15, 0.2) is 0 Å². The van der Waals surface area contributed by atoms with Crippen molar-refractivity contribution >= 4 is 45.8 Å². The molecule has 0 atom stereocenters. The standard InChI is InChI=1S/C22H22ClN3O3/c1-12-17(11-18(28)29)19(15-5-4-6-16(23)8-7-15)20-22-21(12)26(14(3)27)10-9-25(22)13(2)24-20/h4-5,7-8H,6,9-11H2,1-3H3,(H,28,29). The van der Waals surface area contributed by atoms with Crippen molar-refractivity contribution in [3.63, 3.8) is 0 Å². The summed E-state index contributed by atoms with van der Waals surface area (Å²) in [4.78, 5) is 30.6. The van der Waals surface area contributed by atoms with Crippen molar-refractivity contribution in [3.8, 4) is 0 Å². The molecule has 0 radical (unpaired) electrons. The molecule has 1 aromatic carbocycles. The molecular formula is C22H22ClN3O3. The maximum atomic E-state index is 12.3. The van der Waals surface area contributed by atoms with Crippen LogP contribution >= 0.6 is 11.6 Å². The van der Waals surface area contributed by atoms with Crippen LogP contribution in [0.3, 0.4) is 0 Å². The maximum absolute atomic E-state index is 12.3. The molecule has 4 rings (SSSR count). The number of hydrogen-bond donors (Lipinski definition) is 1. The number of carbonyl (C=O) groups is 2. The molecule has 1 aromatic heterocycles. The monoisotopic (exact) mass is 411 g/mol. The summed E-state index contributed by atoms with van der Waals surface area (Å²) < 4.78 is 2.12. The highest BCUT2D eigenvalue weighted by molar-refractivity contribution is 6.30. The van der Waals surface area contributed by atoms with Crippen molar-refractivity contribution < 1.29 is 14.7 Å². The molecule has 0 saturated heterocycles. The van der Waals surface area contributed by atoms with Crippen LogP contribution in [0.25, 0.3) is 16.6 Å². The Labute approximate surface area is 173 Å². The molecule has 2 aromatic rings. The van der Waals surface area contributed by atoms with Crippen molar-refractivity contribution in [1.82, 2.24) is 9.55 Å². The third-order valence-electron chi connectivity index (χ3n) is 5.60. The Morgan fingerprint density at radius 3 is 2.69 bits per heavy atom. The van der Waals surface area contributed by atoms with E-state index in [1.807, 2.05) is 38.2 Å². The number of imidazole rings is 1. The summed E-state index contributed by atoms with van der Waals surface area (Å²) in [6.45, 7) is 6.58.